The standard InChI is InChI=1S/C29H27NO2.W/c1-3-4-20-30-28(24-18-12-7-13-19-24)25(21-32-2)26(22-14-8-5-9-15-22)27(29(30)31)23-16-10-6-11-17-23;/h5-19H,3-4,20H2,1-2H3;. The Hall–Kier alpha value is -2.87. The first-order chi connectivity index (χ1) is 16.2. The molecule has 0 N–H and O–H groups in total. The number of methoxy groups -OCH3 is 1. The Kier molecular flexibility index (Phi) is 7.64. The molecule has 0 saturated carbocycles. The molecular formula is C29H27NO2W. The minimum absolute atomic E-state index is 0.0370. The van der Waals surface area contributed by atoms with E-state index in [9.17, 15) is 4.79 Å². The molecule has 1 heterocycles. The predicted molar refractivity (Wildman–Crippen MR) is 133 cm³/mol. The third-order valence-corrected chi connectivity index (χ3v) is 7.09. The van der Waals surface area contributed by atoms with Gasteiger partial charge < -0.3 is 0 Å². The summed E-state index contributed by atoms with van der Waals surface area (Å²) in [5, 5.41) is 0. The predicted octanol–water partition coefficient (Wildman–Crippen LogP) is 6.32. The number of pyridine rings is 1. The normalized spacial score (nSPS) is 10.8. The molecule has 0 aliphatic rings. The second-order valence-electron chi connectivity index (χ2n) is 7.87. The van der Waals surface area contributed by atoms with Gasteiger partial charge in [0.25, 0.3) is 0 Å². The summed E-state index contributed by atoms with van der Waals surface area (Å²) >= 11 is 1.22. The summed E-state index contributed by atoms with van der Waals surface area (Å²) in [4.78, 5) is 14.2. The van der Waals surface area contributed by atoms with Gasteiger partial charge in [-0.2, -0.15) is 0 Å². The van der Waals surface area contributed by atoms with E-state index >= 15 is 0 Å². The third-order valence-electron chi connectivity index (χ3n) is 5.76. The van der Waals surface area contributed by atoms with Crippen molar-refractivity contribution in [2.24, 2.45) is 0 Å². The fraction of sp³-hybridized carbons (Fsp3) is 0.172. The van der Waals surface area contributed by atoms with Gasteiger partial charge >= 0.3 is 207 Å². The van der Waals surface area contributed by atoms with E-state index < -0.39 is 0 Å². The van der Waals surface area contributed by atoms with Crippen molar-refractivity contribution in [3.63, 3.8) is 0 Å². The summed E-state index contributed by atoms with van der Waals surface area (Å²) in [5.41, 5.74) is 6.58. The molecule has 4 rings (SSSR count). The second kappa shape index (κ2) is 10.8. The van der Waals surface area contributed by atoms with Crippen molar-refractivity contribution in [2.75, 3.05) is 7.11 Å². The molecule has 4 aromatic rings. The molecule has 0 unspecified atom stereocenters. The van der Waals surface area contributed by atoms with Gasteiger partial charge in [0.1, 0.15) is 0 Å². The van der Waals surface area contributed by atoms with E-state index in [1.807, 2.05) is 71.3 Å². The first-order valence-corrected chi connectivity index (χ1v) is 12.7. The number of benzene rings is 3. The number of hydrogen-bond acceptors (Lipinski definition) is 2. The molecular weight excluding hydrogens is 578 g/mol. The van der Waals surface area contributed by atoms with E-state index in [1.165, 1.54) is 19.4 Å². The molecule has 0 fully saturated rings. The molecule has 0 radical (unpaired) electrons. The van der Waals surface area contributed by atoms with Crippen LogP contribution in [0.5, 0.6) is 0 Å². The van der Waals surface area contributed by atoms with Gasteiger partial charge in [-0.1, -0.05) is 0 Å². The summed E-state index contributed by atoms with van der Waals surface area (Å²) < 4.78 is 8.72. The molecule has 3 nitrogen and oxygen atoms in total. The third kappa shape index (κ3) is 4.76. The van der Waals surface area contributed by atoms with E-state index in [-0.39, 0.29) is 5.56 Å². The van der Waals surface area contributed by atoms with Crippen molar-refractivity contribution in [3.8, 4) is 33.5 Å². The molecule has 0 atom stereocenters. The van der Waals surface area contributed by atoms with Crippen LogP contribution in [0, 0.1) is 0 Å². The van der Waals surface area contributed by atoms with E-state index in [0.717, 1.165) is 56.0 Å². The van der Waals surface area contributed by atoms with Crippen LogP contribution in [0.4, 0.5) is 0 Å². The monoisotopic (exact) mass is 605 g/mol. The fourth-order valence-corrected chi connectivity index (χ4v) is 4.93. The zero-order valence-electron chi connectivity index (χ0n) is 19.0. The Balaban J connectivity index is 2.23. The molecule has 1 aromatic heterocycles. The van der Waals surface area contributed by atoms with Gasteiger partial charge in [-0.3, -0.25) is 0 Å². The Morgan fingerprint density at radius 3 is 1.76 bits per heavy atom. The first-order valence-electron chi connectivity index (χ1n) is 11.2. The van der Waals surface area contributed by atoms with Crippen LogP contribution in [0.1, 0.15) is 25.3 Å². The zero-order chi connectivity index (χ0) is 23.2. The number of rotatable bonds is 8. The molecule has 0 aliphatic carbocycles. The molecule has 0 aliphatic heterocycles. The number of nitrogens with zero attached hydrogens (tertiary/aromatic N) is 1. The van der Waals surface area contributed by atoms with Crippen LogP contribution in [0.15, 0.2) is 95.8 Å². The summed E-state index contributed by atoms with van der Waals surface area (Å²) in [6, 6.07) is 30.4. The van der Waals surface area contributed by atoms with Gasteiger partial charge in [0, 0.05) is 0 Å². The first kappa shape index (κ1) is 23.3. The van der Waals surface area contributed by atoms with Gasteiger partial charge in [0.15, 0.2) is 0 Å². The van der Waals surface area contributed by atoms with Crippen molar-refractivity contribution in [3.05, 3.63) is 107 Å². The molecule has 4 heteroatoms. The number of aromatic nitrogens is 1. The average Bonchev–Trinajstić information content (AvgIpc) is 2.88. The van der Waals surface area contributed by atoms with Gasteiger partial charge in [0.2, 0.25) is 0 Å². The minimum atomic E-state index is 0.0370. The van der Waals surface area contributed by atoms with Crippen LogP contribution in [0.2, 0.25) is 0 Å². The maximum atomic E-state index is 14.2. The topological polar surface area (TPSA) is 31.2 Å². The van der Waals surface area contributed by atoms with Crippen molar-refractivity contribution >= 4 is 4.08 Å². The van der Waals surface area contributed by atoms with E-state index in [4.69, 9.17) is 4.74 Å². The van der Waals surface area contributed by atoms with Gasteiger partial charge in [-0.25, -0.2) is 0 Å². The molecule has 0 bridgehead atoms. The summed E-state index contributed by atoms with van der Waals surface area (Å²) in [6.45, 7) is 2.81. The van der Waals surface area contributed by atoms with Crippen molar-refractivity contribution < 1.29 is 24.1 Å². The molecule has 166 valence electrons. The van der Waals surface area contributed by atoms with Crippen molar-refractivity contribution in [2.45, 2.75) is 26.3 Å². The van der Waals surface area contributed by atoms with Gasteiger partial charge in [-0.15, -0.1) is 0 Å². The van der Waals surface area contributed by atoms with Crippen molar-refractivity contribution in [1.29, 1.82) is 0 Å². The molecule has 0 saturated heterocycles. The number of hydrogen-bond donors (Lipinski definition) is 0. The van der Waals surface area contributed by atoms with Gasteiger partial charge in [-0.05, 0) is 0 Å². The van der Waals surface area contributed by atoms with Crippen LogP contribution in [-0.4, -0.2) is 15.8 Å². The van der Waals surface area contributed by atoms with Crippen LogP contribution >= 0.6 is 0 Å². The quantitative estimate of drug-likeness (QED) is 0.236. The summed E-state index contributed by atoms with van der Waals surface area (Å²) in [5.74, 6) is 0. The maximum absolute atomic E-state index is 14.2. The van der Waals surface area contributed by atoms with Gasteiger partial charge in [0.05, 0.1) is 0 Å². The Labute approximate surface area is 206 Å². The van der Waals surface area contributed by atoms with Crippen LogP contribution in [0.25, 0.3) is 33.5 Å². The van der Waals surface area contributed by atoms with Crippen LogP contribution in [0.3, 0.4) is 0 Å². The van der Waals surface area contributed by atoms with E-state index in [0.29, 0.717) is 6.54 Å². The Morgan fingerprint density at radius 1 is 0.788 bits per heavy atom. The second-order valence-corrected chi connectivity index (χ2v) is 9.21. The van der Waals surface area contributed by atoms with E-state index in [2.05, 4.69) is 31.2 Å². The Bertz CT molecular complexity index is 1300. The molecule has 0 spiro atoms. The zero-order valence-corrected chi connectivity index (χ0v) is 21.9. The molecule has 3 aromatic carbocycles. The Morgan fingerprint density at radius 2 is 1.27 bits per heavy atom. The summed E-state index contributed by atoms with van der Waals surface area (Å²) in [6.07, 6.45) is 1.94. The number of unbranched alkanes of at least 4 members (excludes halogenated alkanes) is 1. The SMILES string of the molecule is CCCCn1c(-c2ccccc2)c([C](=[W])OC)c(-c2ccccc2)c(-c2ccccc2)c1=O. The average molecular weight is 605 g/mol. The molecule has 0 amide bonds. The van der Waals surface area contributed by atoms with E-state index in [1.54, 1.807) is 7.11 Å². The fourth-order valence-electron chi connectivity index (χ4n) is 4.21. The number of ether oxygens (including phenoxy) is 1. The van der Waals surface area contributed by atoms with Crippen LogP contribution < -0.4 is 5.56 Å². The van der Waals surface area contributed by atoms with Crippen molar-refractivity contribution in [1.82, 2.24) is 4.57 Å². The van der Waals surface area contributed by atoms with Crippen LogP contribution in [-0.2, 0) is 30.6 Å². The molecule has 33 heavy (non-hydrogen) atoms. The summed E-state index contributed by atoms with van der Waals surface area (Å²) in [7, 11) is 1.72.